The minimum absolute atomic E-state index is 0.0339. The number of esters is 1. The Morgan fingerprint density at radius 1 is 1.02 bits per heavy atom. The number of rotatable bonds is 7. The van der Waals surface area contributed by atoms with E-state index in [2.05, 4.69) is 31.5 Å². The Balaban J connectivity index is 1.10. The predicted octanol–water partition coefficient (Wildman–Crippen LogP) is 7.99. The second kappa shape index (κ2) is 12.4. The molecule has 0 radical (unpaired) electrons. The van der Waals surface area contributed by atoms with Crippen molar-refractivity contribution in [2.24, 2.45) is 0 Å². The lowest BCUT2D eigenvalue weighted by atomic mass is 9.90. The van der Waals surface area contributed by atoms with Crippen molar-refractivity contribution in [3.8, 4) is 5.75 Å². The molecule has 4 unspecified atom stereocenters. The first kappa shape index (κ1) is 33.2. The number of halogens is 4. The number of aromatic hydroxyl groups is 1. The van der Waals surface area contributed by atoms with Crippen LogP contribution in [0.2, 0.25) is 0 Å². The number of Topliss-reactive ketones (excluding diaryl/α,β-unsaturated/α-hetero) is 1. The summed E-state index contributed by atoms with van der Waals surface area (Å²) in [5, 5.41) is 19.7. The fourth-order valence-corrected chi connectivity index (χ4v) is 8.48. The van der Waals surface area contributed by atoms with Gasteiger partial charge in [-0.1, -0.05) is 52.3 Å². The molecular formula is C39H31BrF3N3O5. The van der Waals surface area contributed by atoms with Crippen LogP contribution in [0.25, 0.3) is 27.8 Å². The van der Waals surface area contributed by atoms with Crippen LogP contribution in [0.3, 0.4) is 0 Å². The van der Waals surface area contributed by atoms with Gasteiger partial charge in [0.25, 0.3) is 5.91 Å². The van der Waals surface area contributed by atoms with Crippen molar-refractivity contribution >= 4 is 67.0 Å². The minimum Gasteiger partial charge on any atom is -0.506 e. The number of phenolic OH excluding ortho intramolecular Hbond substituents is 1. The molecule has 1 aliphatic heterocycles. The molecule has 2 aliphatic carbocycles. The fourth-order valence-electron chi connectivity index (χ4n) is 7.90. The zero-order valence-corrected chi connectivity index (χ0v) is 28.7. The molecule has 0 bridgehead atoms. The number of fused-ring (bicyclic) bond motifs is 6. The first-order valence-corrected chi connectivity index (χ1v) is 17.6. The van der Waals surface area contributed by atoms with E-state index in [4.69, 9.17) is 4.74 Å². The number of aromatic amines is 1. The lowest BCUT2D eigenvalue weighted by Gasteiger charge is -2.14. The van der Waals surface area contributed by atoms with Crippen LogP contribution in [0.15, 0.2) is 72.3 Å². The number of nitrogens with one attached hydrogen (secondary N) is 3. The van der Waals surface area contributed by atoms with Gasteiger partial charge in [-0.15, -0.1) is 0 Å². The van der Waals surface area contributed by atoms with Crippen molar-refractivity contribution in [3.05, 3.63) is 111 Å². The van der Waals surface area contributed by atoms with Gasteiger partial charge in [0.1, 0.15) is 11.4 Å². The summed E-state index contributed by atoms with van der Waals surface area (Å²) in [6.45, 7) is 0. The Bertz CT molecular complexity index is 2330. The number of carbonyl (C=O) groups is 3. The summed E-state index contributed by atoms with van der Waals surface area (Å²) in [5.41, 5.74) is 2.40. The zero-order valence-electron chi connectivity index (χ0n) is 27.2. The first-order valence-electron chi connectivity index (χ1n) is 16.5. The van der Waals surface area contributed by atoms with Gasteiger partial charge in [0.2, 0.25) is 0 Å². The van der Waals surface area contributed by atoms with Gasteiger partial charge in [0, 0.05) is 40.0 Å². The van der Waals surface area contributed by atoms with E-state index in [9.17, 15) is 32.7 Å². The van der Waals surface area contributed by atoms with Crippen LogP contribution in [-0.4, -0.2) is 52.3 Å². The van der Waals surface area contributed by atoms with Gasteiger partial charge in [-0.2, -0.15) is 13.2 Å². The van der Waals surface area contributed by atoms with Gasteiger partial charge in [-0.3, -0.25) is 9.59 Å². The third-order valence-corrected chi connectivity index (χ3v) is 11.1. The third kappa shape index (κ3) is 5.80. The number of ketones is 1. The molecule has 2 heterocycles. The maximum absolute atomic E-state index is 14.1. The standard InChI is InChI=1S/C39H31BrF3N3O5/c1-51-38(50)33-32-31-24(17-40)11-23(26(31)16-30(48)35(32)46-36(33)39(41,42)43)15-29(47)27-13-22-12-25(9-8-20(22)14-28-34(27)45-28)44-37(49)21-7-6-18-4-2-3-5-19(18)10-21/h2-10,12-13,16,23-24,28,34,45-46,48H,11,14-15,17H2,1H3,(H,44,49). The van der Waals surface area contributed by atoms with E-state index in [0.29, 0.717) is 46.1 Å². The first-order chi connectivity index (χ1) is 24.4. The van der Waals surface area contributed by atoms with E-state index in [1.807, 2.05) is 60.7 Å². The highest BCUT2D eigenvalue weighted by Gasteiger charge is 2.46. The van der Waals surface area contributed by atoms with Gasteiger partial charge in [0.15, 0.2) is 5.78 Å². The second-order valence-corrected chi connectivity index (χ2v) is 14.1. The molecule has 12 heteroatoms. The zero-order chi connectivity index (χ0) is 35.8. The lowest BCUT2D eigenvalue weighted by molar-refractivity contribution is -0.141. The smallest absolute Gasteiger partial charge is 0.432 e. The number of alkyl halides is 4. The van der Waals surface area contributed by atoms with Gasteiger partial charge in [-0.25, -0.2) is 4.79 Å². The van der Waals surface area contributed by atoms with E-state index in [-0.39, 0.29) is 47.0 Å². The number of benzene rings is 4. The Morgan fingerprint density at radius 2 is 1.80 bits per heavy atom. The molecule has 4 atom stereocenters. The summed E-state index contributed by atoms with van der Waals surface area (Å²) in [6, 6.07) is 20.3. The number of anilines is 1. The fraction of sp³-hybridized carbons (Fsp3) is 0.256. The number of phenols is 1. The van der Waals surface area contributed by atoms with Crippen molar-refractivity contribution in [1.29, 1.82) is 0 Å². The third-order valence-electron chi connectivity index (χ3n) is 10.3. The summed E-state index contributed by atoms with van der Waals surface area (Å²) in [6.07, 6.45) is -1.87. The van der Waals surface area contributed by atoms with Crippen LogP contribution in [-0.2, 0) is 22.1 Å². The molecular weight excluding hydrogens is 727 g/mol. The summed E-state index contributed by atoms with van der Waals surface area (Å²) in [5.74, 6) is -2.74. The highest BCUT2D eigenvalue weighted by molar-refractivity contribution is 9.09. The number of hydrogen-bond acceptors (Lipinski definition) is 6. The highest BCUT2D eigenvalue weighted by atomic mass is 79.9. The van der Waals surface area contributed by atoms with Crippen molar-refractivity contribution < 1.29 is 37.4 Å². The number of carbonyl (C=O) groups excluding carboxylic acids is 3. The molecule has 4 N–H and O–H groups in total. The molecule has 1 aromatic heterocycles. The molecule has 0 spiro atoms. The highest BCUT2D eigenvalue weighted by Crippen LogP contribution is 2.52. The summed E-state index contributed by atoms with van der Waals surface area (Å²) >= 11 is 3.49. The average molecular weight is 759 g/mol. The van der Waals surface area contributed by atoms with Crippen molar-refractivity contribution in [2.75, 3.05) is 17.8 Å². The average Bonchev–Trinajstić information content (AvgIpc) is 3.64. The number of ether oxygens (including phenoxy) is 1. The Kier molecular flexibility index (Phi) is 8.06. The van der Waals surface area contributed by atoms with E-state index in [1.165, 1.54) is 6.07 Å². The van der Waals surface area contributed by atoms with E-state index in [0.717, 1.165) is 29.0 Å². The second-order valence-electron chi connectivity index (χ2n) is 13.4. The minimum atomic E-state index is -4.91. The molecule has 1 amide bonds. The molecule has 0 saturated carbocycles. The molecule has 8 nitrogen and oxygen atoms in total. The van der Waals surface area contributed by atoms with Crippen LogP contribution in [0, 0.1) is 0 Å². The molecule has 260 valence electrons. The number of hydrogen-bond donors (Lipinski definition) is 4. The molecule has 1 saturated heterocycles. The van der Waals surface area contributed by atoms with Crippen LogP contribution in [0.4, 0.5) is 18.9 Å². The molecule has 5 aromatic rings. The van der Waals surface area contributed by atoms with Gasteiger partial charge >= 0.3 is 12.1 Å². The molecule has 3 aliphatic rings. The molecule has 8 rings (SSSR count). The Hall–Kier alpha value is -4.94. The van der Waals surface area contributed by atoms with E-state index < -0.39 is 35.1 Å². The van der Waals surface area contributed by atoms with Gasteiger partial charge < -0.3 is 25.5 Å². The Labute approximate surface area is 298 Å². The van der Waals surface area contributed by atoms with Crippen LogP contribution < -0.4 is 10.6 Å². The summed E-state index contributed by atoms with van der Waals surface area (Å²) in [7, 11) is 1.01. The monoisotopic (exact) mass is 757 g/mol. The van der Waals surface area contributed by atoms with Crippen molar-refractivity contribution in [2.45, 2.75) is 49.4 Å². The normalized spacial score (nSPS) is 20.6. The van der Waals surface area contributed by atoms with Gasteiger partial charge in [-0.05, 0) is 94.1 Å². The molecule has 51 heavy (non-hydrogen) atoms. The summed E-state index contributed by atoms with van der Waals surface area (Å²) < 4.78 is 47.0. The van der Waals surface area contributed by atoms with E-state index >= 15 is 0 Å². The van der Waals surface area contributed by atoms with E-state index in [1.54, 1.807) is 6.07 Å². The van der Waals surface area contributed by atoms with Crippen LogP contribution in [0.5, 0.6) is 5.75 Å². The van der Waals surface area contributed by atoms with Gasteiger partial charge in [0.05, 0.1) is 24.2 Å². The van der Waals surface area contributed by atoms with Crippen molar-refractivity contribution in [3.63, 3.8) is 0 Å². The maximum atomic E-state index is 14.1. The number of methoxy groups -OCH3 is 1. The summed E-state index contributed by atoms with van der Waals surface area (Å²) in [4.78, 5) is 42.3. The van der Waals surface area contributed by atoms with Crippen molar-refractivity contribution in [1.82, 2.24) is 10.3 Å². The number of aromatic nitrogens is 1. The topological polar surface area (TPSA) is 130 Å². The molecule has 1 fully saturated rings. The predicted molar refractivity (Wildman–Crippen MR) is 191 cm³/mol. The lowest BCUT2D eigenvalue weighted by Crippen LogP contribution is -2.14. The maximum Gasteiger partial charge on any atom is 0.432 e. The number of amides is 1. The number of H-pyrrole nitrogens is 1. The Morgan fingerprint density at radius 3 is 2.55 bits per heavy atom. The largest absolute Gasteiger partial charge is 0.506 e. The van der Waals surface area contributed by atoms with Crippen LogP contribution >= 0.6 is 15.9 Å². The van der Waals surface area contributed by atoms with Crippen LogP contribution in [0.1, 0.15) is 73.3 Å². The quantitative estimate of drug-likeness (QED) is 0.0757. The SMILES string of the molecule is COC(=O)c1c(C(F)(F)F)[nH]c2c(O)cc3c(c12)C(CBr)CC3CC(=O)C1=Cc2cc(NC(=O)c3ccc4ccccc4c3)ccc2CC2NC12. The molecule has 4 aromatic carbocycles.